The van der Waals surface area contributed by atoms with E-state index in [0.717, 1.165) is 17.8 Å². The first kappa shape index (κ1) is 15.4. The molecule has 0 saturated heterocycles. The van der Waals surface area contributed by atoms with Crippen molar-refractivity contribution in [1.82, 2.24) is 10.2 Å². The monoisotopic (exact) mass is 332 g/mol. The summed E-state index contributed by atoms with van der Waals surface area (Å²) in [6.45, 7) is 2.05. The molecule has 2 aromatic rings. The van der Waals surface area contributed by atoms with E-state index in [2.05, 4.69) is 27.8 Å². The van der Waals surface area contributed by atoms with Gasteiger partial charge in [-0.3, -0.25) is 9.59 Å². The van der Waals surface area contributed by atoms with Crippen molar-refractivity contribution in [1.29, 1.82) is 0 Å². The normalized spacial score (nSPS) is 16.2. The number of hydrogen-bond acceptors (Lipinski definition) is 6. The summed E-state index contributed by atoms with van der Waals surface area (Å²) in [4.78, 5) is 24.1. The average Bonchev–Trinajstić information content (AvgIpc) is 2.95. The molecule has 1 aromatic heterocycles. The van der Waals surface area contributed by atoms with Gasteiger partial charge in [0.2, 0.25) is 11.0 Å². The van der Waals surface area contributed by atoms with E-state index in [9.17, 15) is 9.59 Å². The summed E-state index contributed by atoms with van der Waals surface area (Å²) in [6, 6.07) is 7.12. The number of benzene rings is 1. The third kappa shape index (κ3) is 3.65. The molecular weight excluding hydrogens is 316 g/mol. The Hall–Kier alpha value is -2.48. The second-order valence-electron chi connectivity index (χ2n) is 5.10. The smallest absolute Gasteiger partial charge is 0.266 e. The van der Waals surface area contributed by atoms with Crippen molar-refractivity contribution in [3.63, 3.8) is 0 Å². The minimum Gasteiger partial charge on any atom is -0.478 e. The van der Waals surface area contributed by atoms with E-state index >= 15 is 0 Å². The number of nitrogens with zero attached hydrogens (tertiary/aromatic N) is 2. The van der Waals surface area contributed by atoms with Crippen LogP contribution in [0.25, 0.3) is 0 Å². The molecule has 1 aromatic carbocycles. The Morgan fingerprint density at radius 2 is 2.22 bits per heavy atom. The van der Waals surface area contributed by atoms with Gasteiger partial charge in [-0.2, -0.15) is 0 Å². The van der Waals surface area contributed by atoms with Gasteiger partial charge in [-0.15, -0.1) is 10.2 Å². The molecule has 1 aliphatic rings. The Labute approximate surface area is 137 Å². The van der Waals surface area contributed by atoms with Crippen LogP contribution < -0.4 is 15.4 Å². The molecule has 2 N–H and O–H groups in total. The SMILES string of the molecule is CCCc1nnc(NC(=O)CC2Oc3ccccc3NC2=O)s1. The summed E-state index contributed by atoms with van der Waals surface area (Å²) in [7, 11) is 0. The highest BCUT2D eigenvalue weighted by Crippen LogP contribution is 2.29. The maximum absolute atomic E-state index is 12.1. The number of para-hydroxylation sites is 2. The molecule has 0 aliphatic carbocycles. The van der Waals surface area contributed by atoms with Crippen LogP contribution in [0, 0.1) is 0 Å². The molecule has 8 heteroatoms. The predicted molar refractivity (Wildman–Crippen MR) is 86.6 cm³/mol. The Bertz CT molecular complexity index is 731. The zero-order valence-electron chi connectivity index (χ0n) is 12.5. The van der Waals surface area contributed by atoms with E-state index in [1.165, 1.54) is 11.3 Å². The Morgan fingerprint density at radius 1 is 1.39 bits per heavy atom. The fourth-order valence-corrected chi connectivity index (χ4v) is 3.04. The van der Waals surface area contributed by atoms with Gasteiger partial charge < -0.3 is 15.4 Å². The number of anilines is 2. The lowest BCUT2D eigenvalue weighted by Crippen LogP contribution is -2.39. The van der Waals surface area contributed by atoms with Crippen molar-refractivity contribution >= 4 is 34.0 Å². The first-order chi connectivity index (χ1) is 11.2. The first-order valence-corrected chi connectivity index (χ1v) is 8.16. The topological polar surface area (TPSA) is 93.2 Å². The molecule has 3 rings (SSSR count). The van der Waals surface area contributed by atoms with Crippen LogP contribution in [0.15, 0.2) is 24.3 Å². The van der Waals surface area contributed by atoms with E-state index < -0.39 is 6.10 Å². The molecule has 2 heterocycles. The molecule has 2 amide bonds. The highest BCUT2D eigenvalue weighted by atomic mass is 32.1. The van der Waals surface area contributed by atoms with E-state index in [1.807, 2.05) is 6.07 Å². The van der Waals surface area contributed by atoms with Crippen molar-refractivity contribution in [2.75, 3.05) is 10.6 Å². The lowest BCUT2D eigenvalue weighted by molar-refractivity contribution is -0.128. The number of hydrogen-bond donors (Lipinski definition) is 2. The molecule has 1 unspecified atom stereocenters. The van der Waals surface area contributed by atoms with Crippen LogP contribution in [-0.4, -0.2) is 28.1 Å². The van der Waals surface area contributed by atoms with Crippen molar-refractivity contribution in [3.8, 4) is 5.75 Å². The van der Waals surface area contributed by atoms with Crippen LogP contribution >= 0.6 is 11.3 Å². The standard InChI is InChI=1S/C15H16N4O3S/c1-2-5-13-18-19-15(23-13)17-12(20)8-11-14(21)16-9-6-3-4-7-10(9)22-11/h3-4,6-7,11H,2,5,8H2,1H3,(H,16,21)(H,17,19,20). The molecule has 0 fully saturated rings. The molecule has 120 valence electrons. The summed E-state index contributed by atoms with van der Waals surface area (Å²) in [6.07, 6.45) is 0.868. The van der Waals surface area contributed by atoms with Crippen molar-refractivity contribution in [2.24, 2.45) is 0 Å². The fourth-order valence-electron chi connectivity index (χ4n) is 2.18. The zero-order chi connectivity index (χ0) is 16.2. The van der Waals surface area contributed by atoms with E-state index in [4.69, 9.17) is 4.74 Å². The van der Waals surface area contributed by atoms with Crippen LogP contribution in [0.2, 0.25) is 0 Å². The van der Waals surface area contributed by atoms with Gasteiger partial charge in [0.15, 0.2) is 6.10 Å². The molecule has 0 bridgehead atoms. The molecule has 0 radical (unpaired) electrons. The Morgan fingerprint density at radius 3 is 3.04 bits per heavy atom. The number of rotatable bonds is 5. The number of amides is 2. The van der Waals surface area contributed by atoms with Crippen LogP contribution in [-0.2, 0) is 16.0 Å². The second-order valence-corrected chi connectivity index (χ2v) is 6.16. The minimum absolute atomic E-state index is 0.0805. The highest BCUT2D eigenvalue weighted by Gasteiger charge is 2.29. The van der Waals surface area contributed by atoms with Gasteiger partial charge in [-0.1, -0.05) is 30.4 Å². The summed E-state index contributed by atoms with van der Waals surface area (Å²) < 4.78 is 5.59. The van der Waals surface area contributed by atoms with E-state index in [0.29, 0.717) is 16.6 Å². The van der Waals surface area contributed by atoms with Gasteiger partial charge in [0.1, 0.15) is 10.8 Å². The number of aromatic nitrogens is 2. The number of ether oxygens (including phenoxy) is 1. The van der Waals surface area contributed by atoms with E-state index in [-0.39, 0.29) is 18.2 Å². The van der Waals surface area contributed by atoms with Crippen LogP contribution in [0.4, 0.5) is 10.8 Å². The molecule has 1 aliphatic heterocycles. The van der Waals surface area contributed by atoms with Crippen molar-refractivity contribution in [3.05, 3.63) is 29.3 Å². The summed E-state index contributed by atoms with van der Waals surface area (Å²) in [5.41, 5.74) is 0.613. The maximum Gasteiger partial charge on any atom is 0.266 e. The lowest BCUT2D eigenvalue weighted by Gasteiger charge is -2.25. The number of carbonyl (C=O) groups excluding carboxylic acids is 2. The van der Waals surface area contributed by atoms with E-state index in [1.54, 1.807) is 18.2 Å². The number of carbonyl (C=O) groups is 2. The maximum atomic E-state index is 12.1. The van der Waals surface area contributed by atoms with Crippen LogP contribution in [0.3, 0.4) is 0 Å². The third-order valence-corrected chi connectivity index (χ3v) is 4.15. The van der Waals surface area contributed by atoms with Crippen molar-refractivity contribution < 1.29 is 14.3 Å². The summed E-state index contributed by atoms with van der Waals surface area (Å²) in [5, 5.41) is 14.6. The van der Waals surface area contributed by atoms with Gasteiger partial charge in [0.25, 0.3) is 5.91 Å². The highest BCUT2D eigenvalue weighted by molar-refractivity contribution is 7.15. The van der Waals surface area contributed by atoms with Gasteiger partial charge in [-0.05, 0) is 18.6 Å². The Balaban J connectivity index is 1.60. The molecule has 23 heavy (non-hydrogen) atoms. The minimum atomic E-state index is -0.854. The van der Waals surface area contributed by atoms with Gasteiger partial charge >= 0.3 is 0 Å². The molecule has 7 nitrogen and oxygen atoms in total. The quantitative estimate of drug-likeness (QED) is 0.876. The largest absolute Gasteiger partial charge is 0.478 e. The van der Waals surface area contributed by atoms with Gasteiger partial charge in [-0.25, -0.2) is 0 Å². The number of nitrogens with one attached hydrogen (secondary N) is 2. The average molecular weight is 332 g/mol. The Kier molecular flexibility index (Phi) is 4.52. The van der Waals surface area contributed by atoms with Crippen molar-refractivity contribution in [2.45, 2.75) is 32.3 Å². The third-order valence-electron chi connectivity index (χ3n) is 3.25. The summed E-state index contributed by atoms with van der Waals surface area (Å²) in [5.74, 6) is -0.0995. The number of fused-ring (bicyclic) bond motifs is 1. The van der Waals surface area contributed by atoms with Gasteiger partial charge in [0.05, 0.1) is 12.1 Å². The second kappa shape index (κ2) is 6.74. The van der Waals surface area contributed by atoms with Crippen LogP contribution in [0.1, 0.15) is 24.8 Å². The lowest BCUT2D eigenvalue weighted by atomic mass is 10.1. The van der Waals surface area contributed by atoms with Gasteiger partial charge in [0, 0.05) is 6.42 Å². The molecule has 0 saturated carbocycles. The molecular formula is C15H16N4O3S. The van der Waals surface area contributed by atoms with Crippen LogP contribution in [0.5, 0.6) is 5.75 Å². The summed E-state index contributed by atoms with van der Waals surface area (Å²) >= 11 is 1.34. The molecule has 0 spiro atoms. The molecule has 1 atom stereocenters. The predicted octanol–water partition coefficient (Wildman–Crippen LogP) is 2.22. The fraction of sp³-hybridized carbons (Fsp3) is 0.333. The number of aryl methyl sites for hydroxylation is 1. The first-order valence-electron chi connectivity index (χ1n) is 7.34. The zero-order valence-corrected chi connectivity index (χ0v) is 13.4.